The number of thiophene rings is 1. The van der Waals surface area contributed by atoms with Gasteiger partial charge in [0.2, 0.25) is 0 Å². The molecule has 2 aromatic heterocycles. The van der Waals surface area contributed by atoms with Gasteiger partial charge in [-0.1, -0.05) is 0 Å². The molecule has 5 heteroatoms. The fraction of sp³-hybridized carbons (Fsp3) is 0.0909. The van der Waals surface area contributed by atoms with E-state index < -0.39 is 5.97 Å². The molecule has 2 rings (SSSR count). The van der Waals surface area contributed by atoms with Crippen molar-refractivity contribution in [3.05, 3.63) is 35.5 Å². The first-order valence-corrected chi connectivity index (χ1v) is 5.40. The number of rotatable bonds is 3. The molecular weight excluding hydrogens is 226 g/mol. The molecule has 0 atom stereocenters. The van der Waals surface area contributed by atoms with Crippen LogP contribution in [0.25, 0.3) is 10.4 Å². The molecule has 0 fully saturated rings. The van der Waals surface area contributed by atoms with Gasteiger partial charge in [0.15, 0.2) is 0 Å². The Morgan fingerprint density at radius 1 is 1.44 bits per heavy atom. The predicted molar refractivity (Wildman–Crippen MR) is 61.1 cm³/mol. The number of aromatic nitrogens is 1. The molecule has 0 radical (unpaired) electrons. The van der Waals surface area contributed by atoms with E-state index in [1.165, 1.54) is 11.3 Å². The highest BCUT2D eigenvalue weighted by molar-refractivity contribution is 7.13. The van der Waals surface area contributed by atoms with E-state index >= 15 is 0 Å². The second-order valence-electron chi connectivity index (χ2n) is 3.12. The molecule has 16 heavy (non-hydrogen) atoms. The summed E-state index contributed by atoms with van der Waals surface area (Å²) >= 11 is 1.37. The summed E-state index contributed by atoms with van der Waals surface area (Å²) in [7, 11) is 1.57. The maximum absolute atomic E-state index is 10.7. The number of hydrogen-bond acceptors (Lipinski definition) is 4. The number of aromatic carboxylic acids is 1. The van der Waals surface area contributed by atoms with E-state index in [9.17, 15) is 4.79 Å². The third-order valence-corrected chi connectivity index (χ3v) is 3.06. The standard InChI is InChI=1S/C11H9NO3S/c1-15-9-2-7(4-12-5-9)10-3-8(6-16-10)11(13)14/h2-6H,1H3,(H,13,14). The van der Waals surface area contributed by atoms with E-state index in [0.717, 1.165) is 10.4 Å². The molecule has 0 aliphatic heterocycles. The van der Waals surface area contributed by atoms with Crippen LogP contribution in [0.3, 0.4) is 0 Å². The van der Waals surface area contributed by atoms with Crippen LogP contribution in [0.15, 0.2) is 29.9 Å². The monoisotopic (exact) mass is 235 g/mol. The molecule has 0 unspecified atom stereocenters. The summed E-state index contributed by atoms with van der Waals surface area (Å²) in [4.78, 5) is 15.6. The van der Waals surface area contributed by atoms with Gasteiger partial charge in [-0.05, 0) is 12.1 Å². The van der Waals surface area contributed by atoms with Crippen LogP contribution in [0.1, 0.15) is 10.4 Å². The van der Waals surface area contributed by atoms with Crippen molar-refractivity contribution in [1.82, 2.24) is 4.98 Å². The fourth-order valence-electron chi connectivity index (χ4n) is 1.26. The van der Waals surface area contributed by atoms with Crippen molar-refractivity contribution < 1.29 is 14.6 Å². The van der Waals surface area contributed by atoms with E-state index in [1.807, 2.05) is 6.07 Å². The molecule has 1 N–H and O–H groups in total. The van der Waals surface area contributed by atoms with Crippen LogP contribution in [0.4, 0.5) is 0 Å². The molecule has 0 aliphatic carbocycles. The molecule has 2 aromatic rings. The van der Waals surface area contributed by atoms with Gasteiger partial charge in [-0.3, -0.25) is 4.98 Å². The number of methoxy groups -OCH3 is 1. The number of hydrogen-bond donors (Lipinski definition) is 1. The SMILES string of the molecule is COc1cncc(-c2cc(C(=O)O)cs2)c1. The smallest absolute Gasteiger partial charge is 0.336 e. The molecule has 2 heterocycles. The van der Waals surface area contributed by atoms with Crippen LogP contribution < -0.4 is 4.74 Å². The van der Waals surface area contributed by atoms with E-state index in [-0.39, 0.29) is 0 Å². The number of carboxylic acids is 1. The Balaban J connectivity index is 2.38. The number of pyridine rings is 1. The summed E-state index contributed by atoms with van der Waals surface area (Å²) in [5.41, 5.74) is 1.15. The lowest BCUT2D eigenvalue weighted by atomic mass is 10.2. The van der Waals surface area contributed by atoms with Gasteiger partial charge in [0.1, 0.15) is 5.75 Å². The van der Waals surface area contributed by atoms with Gasteiger partial charge >= 0.3 is 5.97 Å². The second-order valence-corrected chi connectivity index (χ2v) is 4.03. The molecule has 0 amide bonds. The highest BCUT2D eigenvalue weighted by atomic mass is 32.1. The van der Waals surface area contributed by atoms with Crippen molar-refractivity contribution in [3.8, 4) is 16.2 Å². The predicted octanol–water partition coefficient (Wildman–Crippen LogP) is 2.52. The Morgan fingerprint density at radius 2 is 2.25 bits per heavy atom. The number of nitrogens with zero attached hydrogens (tertiary/aromatic N) is 1. The minimum Gasteiger partial charge on any atom is -0.495 e. The van der Waals surface area contributed by atoms with Gasteiger partial charge < -0.3 is 9.84 Å². The molecule has 0 spiro atoms. The van der Waals surface area contributed by atoms with Crippen LogP contribution in [0, 0.1) is 0 Å². The fourth-order valence-corrected chi connectivity index (χ4v) is 2.13. The molecule has 0 saturated carbocycles. The van der Waals surface area contributed by atoms with Crippen molar-refractivity contribution >= 4 is 17.3 Å². The number of ether oxygens (including phenoxy) is 1. The maximum atomic E-state index is 10.7. The Hall–Kier alpha value is -1.88. The molecule has 0 aromatic carbocycles. The molecule has 0 aliphatic rings. The van der Waals surface area contributed by atoms with Crippen LogP contribution >= 0.6 is 11.3 Å². The van der Waals surface area contributed by atoms with E-state index in [4.69, 9.17) is 9.84 Å². The second kappa shape index (κ2) is 4.32. The molecule has 4 nitrogen and oxygen atoms in total. The minimum atomic E-state index is -0.918. The number of carbonyl (C=O) groups is 1. The van der Waals surface area contributed by atoms with Crippen molar-refractivity contribution in [2.24, 2.45) is 0 Å². The first-order chi connectivity index (χ1) is 7.70. The zero-order chi connectivity index (χ0) is 11.5. The van der Waals surface area contributed by atoms with Gasteiger partial charge in [0.05, 0.1) is 18.9 Å². The Labute approximate surface area is 96.1 Å². The van der Waals surface area contributed by atoms with Gasteiger partial charge in [-0.2, -0.15) is 0 Å². The van der Waals surface area contributed by atoms with Gasteiger partial charge in [0, 0.05) is 22.0 Å². The van der Waals surface area contributed by atoms with Gasteiger partial charge in [-0.15, -0.1) is 11.3 Å². The zero-order valence-corrected chi connectivity index (χ0v) is 9.32. The molecule has 0 bridgehead atoms. The highest BCUT2D eigenvalue weighted by Gasteiger charge is 2.08. The first kappa shape index (κ1) is 10.6. The summed E-state index contributed by atoms with van der Waals surface area (Å²) in [5.74, 6) is -0.263. The van der Waals surface area contributed by atoms with Crippen LogP contribution in [0.2, 0.25) is 0 Å². The average molecular weight is 235 g/mol. The van der Waals surface area contributed by atoms with Crippen molar-refractivity contribution in [2.75, 3.05) is 7.11 Å². The third kappa shape index (κ3) is 2.04. The largest absolute Gasteiger partial charge is 0.495 e. The maximum Gasteiger partial charge on any atom is 0.336 e. The van der Waals surface area contributed by atoms with Gasteiger partial charge in [-0.25, -0.2) is 4.79 Å². The van der Waals surface area contributed by atoms with Crippen molar-refractivity contribution in [2.45, 2.75) is 0 Å². The summed E-state index contributed by atoms with van der Waals surface area (Å²) < 4.78 is 5.06. The quantitative estimate of drug-likeness (QED) is 0.888. The Morgan fingerprint density at radius 3 is 2.88 bits per heavy atom. The van der Waals surface area contributed by atoms with E-state index in [1.54, 1.807) is 30.9 Å². The van der Waals surface area contributed by atoms with Crippen LogP contribution in [-0.2, 0) is 0 Å². The summed E-state index contributed by atoms with van der Waals surface area (Å²) in [6.07, 6.45) is 3.29. The van der Waals surface area contributed by atoms with E-state index in [2.05, 4.69) is 4.98 Å². The summed E-state index contributed by atoms with van der Waals surface area (Å²) in [6, 6.07) is 3.45. The minimum absolute atomic E-state index is 0.294. The summed E-state index contributed by atoms with van der Waals surface area (Å²) in [5, 5.41) is 10.4. The Kier molecular flexibility index (Phi) is 2.87. The van der Waals surface area contributed by atoms with Crippen LogP contribution in [0.5, 0.6) is 5.75 Å². The normalized spacial score (nSPS) is 10.1. The molecular formula is C11H9NO3S. The van der Waals surface area contributed by atoms with Gasteiger partial charge in [0.25, 0.3) is 0 Å². The lowest BCUT2D eigenvalue weighted by molar-refractivity contribution is 0.0697. The number of carboxylic acid groups (broad SMARTS) is 1. The van der Waals surface area contributed by atoms with Crippen molar-refractivity contribution in [1.29, 1.82) is 0 Å². The molecule has 82 valence electrons. The molecule has 0 saturated heterocycles. The van der Waals surface area contributed by atoms with Crippen LogP contribution in [-0.4, -0.2) is 23.2 Å². The highest BCUT2D eigenvalue weighted by Crippen LogP contribution is 2.28. The zero-order valence-electron chi connectivity index (χ0n) is 8.51. The topological polar surface area (TPSA) is 59.4 Å². The third-order valence-electron chi connectivity index (χ3n) is 2.08. The lowest BCUT2D eigenvalue weighted by Gasteiger charge is -2.00. The summed E-state index contributed by atoms with van der Waals surface area (Å²) in [6.45, 7) is 0. The first-order valence-electron chi connectivity index (χ1n) is 4.52. The van der Waals surface area contributed by atoms with Crippen molar-refractivity contribution in [3.63, 3.8) is 0 Å². The lowest BCUT2D eigenvalue weighted by Crippen LogP contribution is -1.91. The van der Waals surface area contributed by atoms with E-state index in [0.29, 0.717) is 11.3 Å². The Bertz CT molecular complexity index is 521. The average Bonchev–Trinajstić information content (AvgIpc) is 2.78.